The maximum atomic E-state index is 13.2. The molecule has 2 rings (SSSR count). The first-order chi connectivity index (χ1) is 5.21. The van der Waals surface area contributed by atoms with Gasteiger partial charge in [-0.2, -0.15) is 0 Å². The number of halogens is 1. The second-order valence-electron chi connectivity index (χ2n) is 2.90. The molecule has 1 saturated carbocycles. The molecule has 0 spiro atoms. The first kappa shape index (κ1) is 6.58. The lowest BCUT2D eigenvalue weighted by atomic mass is 10.2. The number of aromatic amines is 1. The van der Waals surface area contributed by atoms with Crippen LogP contribution in [-0.4, -0.2) is 4.98 Å². The van der Waals surface area contributed by atoms with Crippen LogP contribution in [0.1, 0.15) is 18.5 Å². The molecule has 0 bridgehead atoms. The van der Waals surface area contributed by atoms with Crippen molar-refractivity contribution in [2.75, 3.05) is 0 Å². The van der Waals surface area contributed by atoms with Crippen LogP contribution in [0.4, 0.5) is 4.39 Å². The zero-order valence-corrected chi connectivity index (χ0v) is 5.93. The molecular weight excluding hydrogens is 145 g/mol. The minimum atomic E-state index is -1.22. The molecule has 0 amide bonds. The molecule has 3 heteroatoms. The molecule has 1 aliphatic rings. The van der Waals surface area contributed by atoms with Crippen LogP contribution in [0.25, 0.3) is 0 Å². The number of rotatable bonds is 1. The van der Waals surface area contributed by atoms with E-state index in [1.54, 1.807) is 0 Å². The molecule has 1 aliphatic carbocycles. The highest BCUT2D eigenvalue weighted by Gasteiger charge is 2.45. The average molecular weight is 153 g/mol. The summed E-state index contributed by atoms with van der Waals surface area (Å²) >= 11 is 0. The first-order valence-corrected chi connectivity index (χ1v) is 3.59. The molecule has 2 nitrogen and oxygen atoms in total. The van der Waals surface area contributed by atoms with Gasteiger partial charge in [0, 0.05) is 18.3 Å². The summed E-state index contributed by atoms with van der Waals surface area (Å²) in [5, 5.41) is 0. The van der Waals surface area contributed by atoms with E-state index in [1.165, 1.54) is 18.3 Å². The molecule has 0 unspecified atom stereocenters. The Morgan fingerprint density at radius 3 is 2.82 bits per heavy atom. The predicted molar refractivity (Wildman–Crippen MR) is 39.1 cm³/mol. The molecule has 11 heavy (non-hydrogen) atoms. The zero-order chi connectivity index (χ0) is 7.90. The lowest BCUT2D eigenvalue weighted by Gasteiger charge is -2.02. The van der Waals surface area contributed by atoms with Crippen molar-refractivity contribution in [3.05, 3.63) is 34.2 Å². The Morgan fingerprint density at radius 1 is 1.55 bits per heavy atom. The lowest BCUT2D eigenvalue weighted by molar-refractivity contribution is 0.309. The highest BCUT2D eigenvalue weighted by Crippen LogP contribution is 2.48. The van der Waals surface area contributed by atoms with Gasteiger partial charge in [0.1, 0.15) is 0 Å². The van der Waals surface area contributed by atoms with Crippen molar-refractivity contribution >= 4 is 0 Å². The summed E-state index contributed by atoms with van der Waals surface area (Å²) in [5.74, 6) is 0. The van der Waals surface area contributed by atoms with Crippen molar-refractivity contribution in [2.45, 2.75) is 18.5 Å². The predicted octanol–water partition coefficient (Wildman–Crippen LogP) is 1.33. The Morgan fingerprint density at radius 2 is 2.27 bits per heavy atom. The Kier molecular flexibility index (Phi) is 1.16. The van der Waals surface area contributed by atoms with E-state index in [0.29, 0.717) is 18.5 Å². The van der Waals surface area contributed by atoms with E-state index in [-0.39, 0.29) is 5.43 Å². The lowest BCUT2D eigenvalue weighted by Crippen LogP contribution is -2.07. The smallest absolute Gasteiger partial charge is 0.181 e. The fourth-order valence-corrected chi connectivity index (χ4v) is 1.08. The number of hydrogen-bond donors (Lipinski definition) is 1. The van der Waals surface area contributed by atoms with E-state index in [0.717, 1.165) is 0 Å². The summed E-state index contributed by atoms with van der Waals surface area (Å²) in [6.45, 7) is 0. The van der Waals surface area contributed by atoms with Crippen LogP contribution in [-0.2, 0) is 5.67 Å². The van der Waals surface area contributed by atoms with Crippen molar-refractivity contribution < 1.29 is 4.39 Å². The second kappa shape index (κ2) is 1.94. The Bertz CT molecular complexity index is 327. The first-order valence-electron chi connectivity index (χ1n) is 3.59. The van der Waals surface area contributed by atoms with Crippen molar-refractivity contribution in [1.29, 1.82) is 0 Å². The van der Waals surface area contributed by atoms with E-state index in [9.17, 15) is 9.18 Å². The molecule has 0 atom stereocenters. The van der Waals surface area contributed by atoms with Crippen LogP contribution in [0, 0.1) is 0 Å². The number of aromatic nitrogens is 1. The van der Waals surface area contributed by atoms with Crippen LogP contribution in [0.3, 0.4) is 0 Å². The van der Waals surface area contributed by atoms with Gasteiger partial charge in [0.15, 0.2) is 11.1 Å². The van der Waals surface area contributed by atoms with Gasteiger partial charge in [-0.3, -0.25) is 4.79 Å². The third-order valence-electron chi connectivity index (χ3n) is 1.94. The van der Waals surface area contributed by atoms with Crippen LogP contribution >= 0.6 is 0 Å². The maximum absolute atomic E-state index is 13.2. The van der Waals surface area contributed by atoms with Crippen LogP contribution in [0.5, 0.6) is 0 Å². The van der Waals surface area contributed by atoms with Gasteiger partial charge in [0.25, 0.3) is 0 Å². The van der Waals surface area contributed by atoms with Crippen LogP contribution in [0.15, 0.2) is 23.1 Å². The zero-order valence-electron chi connectivity index (χ0n) is 5.93. The van der Waals surface area contributed by atoms with Gasteiger partial charge in [-0.05, 0) is 12.8 Å². The van der Waals surface area contributed by atoms with Gasteiger partial charge in [-0.1, -0.05) is 0 Å². The molecule has 1 N–H and O–H groups in total. The quantitative estimate of drug-likeness (QED) is 0.648. The molecule has 0 aliphatic heterocycles. The molecule has 1 aromatic heterocycles. The summed E-state index contributed by atoms with van der Waals surface area (Å²) in [5.41, 5.74) is -0.937. The molecule has 1 aromatic rings. The molecule has 1 fully saturated rings. The van der Waals surface area contributed by atoms with Crippen molar-refractivity contribution in [3.63, 3.8) is 0 Å². The minimum absolute atomic E-state index is 0.136. The molecule has 0 saturated heterocycles. The molecule has 0 aromatic carbocycles. The van der Waals surface area contributed by atoms with Crippen LogP contribution in [0.2, 0.25) is 0 Å². The molecule has 58 valence electrons. The fourth-order valence-electron chi connectivity index (χ4n) is 1.08. The van der Waals surface area contributed by atoms with Crippen molar-refractivity contribution in [1.82, 2.24) is 4.98 Å². The molecule has 1 heterocycles. The Hall–Kier alpha value is -1.12. The van der Waals surface area contributed by atoms with E-state index < -0.39 is 5.67 Å². The third-order valence-corrected chi connectivity index (χ3v) is 1.94. The minimum Gasteiger partial charge on any atom is -0.362 e. The fraction of sp³-hybridized carbons (Fsp3) is 0.375. The summed E-state index contributed by atoms with van der Waals surface area (Å²) in [4.78, 5) is 13.5. The topological polar surface area (TPSA) is 32.9 Å². The highest BCUT2D eigenvalue weighted by atomic mass is 19.1. The molecular formula is C8H8FNO. The van der Waals surface area contributed by atoms with Crippen molar-refractivity contribution in [2.24, 2.45) is 0 Å². The van der Waals surface area contributed by atoms with E-state index >= 15 is 0 Å². The van der Waals surface area contributed by atoms with E-state index in [1.807, 2.05) is 0 Å². The van der Waals surface area contributed by atoms with Gasteiger partial charge in [0.2, 0.25) is 0 Å². The number of alkyl halides is 1. The monoisotopic (exact) mass is 153 g/mol. The Labute approximate surface area is 63.1 Å². The van der Waals surface area contributed by atoms with Crippen LogP contribution < -0.4 is 5.43 Å². The summed E-state index contributed by atoms with van der Waals surface area (Å²) in [7, 11) is 0. The summed E-state index contributed by atoms with van der Waals surface area (Å²) < 4.78 is 13.2. The standard InChI is InChI=1S/C8H8FNO/c9-8(2-3-8)7-5-6(11)1-4-10-7/h1,4-5H,2-3H2,(H,10,11). The second-order valence-corrected chi connectivity index (χ2v) is 2.90. The average Bonchev–Trinajstić information content (AvgIpc) is 2.70. The number of hydrogen-bond acceptors (Lipinski definition) is 1. The van der Waals surface area contributed by atoms with Gasteiger partial charge in [-0.25, -0.2) is 4.39 Å². The normalized spacial score (nSPS) is 19.7. The summed E-state index contributed by atoms with van der Waals surface area (Å²) in [6.07, 6.45) is 2.55. The van der Waals surface area contributed by atoms with E-state index in [4.69, 9.17) is 0 Å². The third kappa shape index (κ3) is 1.06. The van der Waals surface area contributed by atoms with E-state index in [2.05, 4.69) is 4.98 Å². The van der Waals surface area contributed by atoms with Gasteiger partial charge >= 0.3 is 0 Å². The Balaban J connectivity index is 2.46. The number of H-pyrrole nitrogens is 1. The number of nitrogens with one attached hydrogen (secondary N) is 1. The van der Waals surface area contributed by atoms with Gasteiger partial charge < -0.3 is 4.98 Å². The van der Waals surface area contributed by atoms with Crippen molar-refractivity contribution in [3.8, 4) is 0 Å². The number of pyridine rings is 1. The largest absolute Gasteiger partial charge is 0.362 e. The maximum Gasteiger partial charge on any atom is 0.181 e. The highest BCUT2D eigenvalue weighted by molar-refractivity contribution is 5.19. The molecule has 0 radical (unpaired) electrons. The SMILES string of the molecule is O=c1cc[nH]c(C2(F)CC2)c1. The summed E-state index contributed by atoms with van der Waals surface area (Å²) in [6, 6.07) is 2.71. The van der Waals surface area contributed by atoms with Gasteiger partial charge in [0.05, 0.1) is 5.69 Å². The van der Waals surface area contributed by atoms with Gasteiger partial charge in [-0.15, -0.1) is 0 Å².